The molecular formula is C10H20O4. The Morgan fingerprint density at radius 2 is 2.00 bits per heavy atom. The Bertz CT molecular complexity index is 187. The van der Waals surface area contributed by atoms with Gasteiger partial charge in [-0.3, -0.25) is 4.79 Å². The van der Waals surface area contributed by atoms with Gasteiger partial charge < -0.3 is 14.9 Å². The van der Waals surface area contributed by atoms with Gasteiger partial charge in [-0.15, -0.1) is 0 Å². The molecule has 0 aliphatic rings. The third kappa shape index (κ3) is 3.64. The topological polar surface area (TPSA) is 66.8 Å². The predicted octanol–water partition coefficient (Wildman–Crippen LogP) is 1.13. The van der Waals surface area contributed by atoms with Gasteiger partial charge >= 0.3 is 5.97 Å². The van der Waals surface area contributed by atoms with E-state index in [4.69, 9.17) is 9.84 Å². The highest BCUT2D eigenvalue weighted by Gasteiger charge is 2.39. The lowest BCUT2D eigenvalue weighted by atomic mass is 9.79. The number of rotatable bonds is 6. The Hall–Kier alpha value is -0.610. The van der Waals surface area contributed by atoms with E-state index in [0.29, 0.717) is 13.0 Å². The second kappa shape index (κ2) is 5.32. The molecule has 84 valence electrons. The number of carboxylic acid groups (broad SMARTS) is 1. The molecule has 0 spiro atoms. The summed E-state index contributed by atoms with van der Waals surface area (Å²) in [6.45, 7) is 5.49. The van der Waals surface area contributed by atoms with E-state index in [2.05, 4.69) is 0 Å². The second-order valence-corrected chi connectivity index (χ2v) is 4.16. The summed E-state index contributed by atoms with van der Waals surface area (Å²) in [6, 6.07) is 0. The lowest BCUT2D eigenvalue weighted by Gasteiger charge is -2.32. The average molecular weight is 204 g/mol. The molecule has 0 saturated carbocycles. The summed E-state index contributed by atoms with van der Waals surface area (Å²) < 4.78 is 4.83. The number of ether oxygens (including phenoxy) is 1. The third-order valence-electron chi connectivity index (χ3n) is 2.42. The number of carboxylic acids is 1. The fourth-order valence-corrected chi connectivity index (χ4v) is 1.73. The summed E-state index contributed by atoms with van der Waals surface area (Å²) >= 11 is 0. The highest BCUT2D eigenvalue weighted by atomic mass is 16.5. The number of methoxy groups -OCH3 is 1. The van der Waals surface area contributed by atoms with E-state index in [9.17, 15) is 9.90 Å². The zero-order valence-electron chi connectivity index (χ0n) is 9.28. The Balaban J connectivity index is 4.54. The average Bonchev–Trinajstić information content (AvgIpc) is 1.98. The quantitative estimate of drug-likeness (QED) is 0.680. The van der Waals surface area contributed by atoms with Gasteiger partial charge in [-0.25, -0.2) is 0 Å². The highest BCUT2D eigenvalue weighted by molar-refractivity contribution is 5.71. The van der Waals surface area contributed by atoms with Crippen LogP contribution in [0.4, 0.5) is 0 Å². The van der Waals surface area contributed by atoms with Crippen LogP contribution in [0.15, 0.2) is 0 Å². The van der Waals surface area contributed by atoms with Crippen LogP contribution in [0.5, 0.6) is 0 Å². The molecule has 0 heterocycles. The molecule has 2 N–H and O–H groups in total. The summed E-state index contributed by atoms with van der Waals surface area (Å²) in [5, 5.41) is 19.0. The molecule has 0 amide bonds. The van der Waals surface area contributed by atoms with Crippen molar-refractivity contribution in [3.05, 3.63) is 0 Å². The molecule has 0 fully saturated rings. The normalized spacial score (nSPS) is 17.9. The highest BCUT2D eigenvalue weighted by Crippen LogP contribution is 2.28. The van der Waals surface area contributed by atoms with Crippen LogP contribution in [0, 0.1) is 11.8 Å². The first-order valence-corrected chi connectivity index (χ1v) is 4.77. The number of hydrogen-bond acceptors (Lipinski definition) is 3. The zero-order chi connectivity index (χ0) is 11.4. The van der Waals surface area contributed by atoms with Crippen molar-refractivity contribution in [1.29, 1.82) is 0 Å². The van der Waals surface area contributed by atoms with Crippen LogP contribution in [0.2, 0.25) is 0 Å². The van der Waals surface area contributed by atoms with Crippen LogP contribution in [-0.4, -0.2) is 35.5 Å². The van der Waals surface area contributed by atoms with Crippen LogP contribution in [0.1, 0.15) is 27.2 Å². The van der Waals surface area contributed by atoms with Crippen molar-refractivity contribution in [3.8, 4) is 0 Å². The molecule has 0 aromatic heterocycles. The van der Waals surface area contributed by atoms with E-state index in [0.717, 1.165) is 0 Å². The summed E-state index contributed by atoms with van der Waals surface area (Å²) in [4.78, 5) is 10.9. The van der Waals surface area contributed by atoms with Gasteiger partial charge in [0.15, 0.2) is 0 Å². The molecule has 0 aliphatic heterocycles. The number of aliphatic hydroxyl groups is 1. The van der Waals surface area contributed by atoms with E-state index in [1.807, 2.05) is 0 Å². The molecule has 2 atom stereocenters. The molecule has 4 nitrogen and oxygen atoms in total. The fraction of sp³-hybridized carbons (Fsp3) is 0.900. The van der Waals surface area contributed by atoms with Gasteiger partial charge in [0.05, 0.1) is 11.5 Å². The van der Waals surface area contributed by atoms with Crippen LogP contribution < -0.4 is 0 Å². The van der Waals surface area contributed by atoms with E-state index in [-0.39, 0.29) is 5.92 Å². The first-order chi connectivity index (χ1) is 6.33. The predicted molar refractivity (Wildman–Crippen MR) is 53.1 cm³/mol. The SMILES string of the molecule is COCCC(C)(O)C(C(=O)O)C(C)C. The lowest BCUT2D eigenvalue weighted by Crippen LogP contribution is -2.43. The van der Waals surface area contributed by atoms with Crippen molar-refractivity contribution in [2.45, 2.75) is 32.8 Å². The van der Waals surface area contributed by atoms with Crippen molar-refractivity contribution in [3.63, 3.8) is 0 Å². The molecule has 0 saturated heterocycles. The van der Waals surface area contributed by atoms with Crippen molar-refractivity contribution in [2.24, 2.45) is 11.8 Å². The van der Waals surface area contributed by atoms with Crippen molar-refractivity contribution in [2.75, 3.05) is 13.7 Å². The van der Waals surface area contributed by atoms with Crippen LogP contribution in [0.25, 0.3) is 0 Å². The maximum Gasteiger partial charge on any atom is 0.309 e. The van der Waals surface area contributed by atoms with Crippen LogP contribution in [0.3, 0.4) is 0 Å². The van der Waals surface area contributed by atoms with Crippen LogP contribution in [-0.2, 0) is 9.53 Å². The smallest absolute Gasteiger partial charge is 0.309 e. The van der Waals surface area contributed by atoms with E-state index in [1.54, 1.807) is 20.8 Å². The Labute approximate surface area is 84.9 Å². The molecule has 14 heavy (non-hydrogen) atoms. The molecule has 2 unspecified atom stereocenters. The maximum atomic E-state index is 10.9. The number of carbonyl (C=O) groups is 1. The van der Waals surface area contributed by atoms with Gasteiger partial charge in [0, 0.05) is 20.1 Å². The molecule has 0 radical (unpaired) electrons. The van der Waals surface area contributed by atoms with Crippen molar-refractivity contribution in [1.82, 2.24) is 0 Å². The summed E-state index contributed by atoms with van der Waals surface area (Å²) in [5.74, 6) is -1.81. The third-order valence-corrected chi connectivity index (χ3v) is 2.42. The van der Waals surface area contributed by atoms with E-state index in [1.165, 1.54) is 7.11 Å². The summed E-state index contributed by atoms with van der Waals surface area (Å²) in [5.41, 5.74) is -1.21. The minimum atomic E-state index is -1.21. The molecular weight excluding hydrogens is 184 g/mol. The minimum Gasteiger partial charge on any atom is -0.481 e. The minimum absolute atomic E-state index is 0.0978. The first kappa shape index (κ1) is 13.4. The largest absolute Gasteiger partial charge is 0.481 e. The Kier molecular flexibility index (Phi) is 5.08. The molecule has 0 aliphatic carbocycles. The molecule has 0 aromatic rings. The molecule has 0 bridgehead atoms. The Morgan fingerprint density at radius 1 is 1.50 bits per heavy atom. The van der Waals surface area contributed by atoms with Gasteiger partial charge in [-0.05, 0) is 12.8 Å². The fourth-order valence-electron chi connectivity index (χ4n) is 1.73. The van der Waals surface area contributed by atoms with Gasteiger partial charge in [0.25, 0.3) is 0 Å². The standard InChI is InChI=1S/C10H20O4/c1-7(2)8(9(11)12)10(3,13)5-6-14-4/h7-8,13H,5-6H2,1-4H3,(H,11,12). The van der Waals surface area contributed by atoms with Crippen LogP contribution >= 0.6 is 0 Å². The van der Waals surface area contributed by atoms with Gasteiger partial charge in [-0.1, -0.05) is 13.8 Å². The number of aliphatic carboxylic acids is 1. The van der Waals surface area contributed by atoms with Gasteiger partial charge in [0.2, 0.25) is 0 Å². The van der Waals surface area contributed by atoms with E-state index >= 15 is 0 Å². The lowest BCUT2D eigenvalue weighted by molar-refractivity contribution is -0.155. The molecule has 0 aromatic carbocycles. The van der Waals surface area contributed by atoms with Crippen molar-refractivity contribution >= 4 is 5.97 Å². The van der Waals surface area contributed by atoms with E-state index < -0.39 is 17.5 Å². The van der Waals surface area contributed by atoms with Crippen molar-refractivity contribution < 1.29 is 19.7 Å². The number of hydrogen-bond donors (Lipinski definition) is 2. The second-order valence-electron chi connectivity index (χ2n) is 4.16. The van der Waals surface area contributed by atoms with Gasteiger partial charge in [0.1, 0.15) is 0 Å². The zero-order valence-corrected chi connectivity index (χ0v) is 9.28. The maximum absolute atomic E-state index is 10.9. The monoisotopic (exact) mass is 204 g/mol. The summed E-state index contributed by atoms with van der Waals surface area (Å²) in [6.07, 6.45) is 0.332. The van der Waals surface area contributed by atoms with Gasteiger partial charge in [-0.2, -0.15) is 0 Å². The molecule has 0 rings (SSSR count). The first-order valence-electron chi connectivity index (χ1n) is 4.77. The molecule has 4 heteroatoms. The Morgan fingerprint density at radius 3 is 2.29 bits per heavy atom. The summed E-state index contributed by atoms with van der Waals surface area (Å²) in [7, 11) is 1.53.